The van der Waals surface area contributed by atoms with Gasteiger partial charge in [0.25, 0.3) is 0 Å². The van der Waals surface area contributed by atoms with E-state index in [9.17, 15) is 0 Å². The number of unbranched alkanes of at least 4 members (excludes halogenated alkanes) is 3. The van der Waals surface area contributed by atoms with Crippen LogP contribution in [0.15, 0.2) is 0 Å². The zero-order valence-electron chi connectivity index (χ0n) is 8.03. The minimum atomic E-state index is -0.387. The van der Waals surface area contributed by atoms with Gasteiger partial charge in [-0.15, -0.1) is 0 Å². The first-order valence-corrected chi connectivity index (χ1v) is 8.78. The molecule has 0 rings (SSSR count). The lowest BCUT2D eigenvalue weighted by Gasteiger charge is -2.26. The van der Waals surface area contributed by atoms with E-state index in [0.717, 1.165) is 0 Å². The summed E-state index contributed by atoms with van der Waals surface area (Å²) in [6.07, 6.45) is 7.97. The van der Waals surface area contributed by atoms with Crippen molar-refractivity contribution in [2.24, 2.45) is 0 Å². The van der Waals surface area contributed by atoms with Crippen molar-refractivity contribution in [3.63, 3.8) is 0 Å². The summed E-state index contributed by atoms with van der Waals surface area (Å²) in [5.74, 6) is 2.72. The van der Waals surface area contributed by atoms with Crippen molar-refractivity contribution in [3.8, 4) is 0 Å². The van der Waals surface area contributed by atoms with E-state index in [1.54, 1.807) is 0 Å². The van der Waals surface area contributed by atoms with Crippen LogP contribution in [0.25, 0.3) is 0 Å². The zero-order chi connectivity index (χ0) is 8.74. The number of halogens is 1. The molecule has 0 aromatic heterocycles. The Balaban J connectivity index is 3.23. The fourth-order valence-electron chi connectivity index (χ4n) is 0.974. The van der Waals surface area contributed by atoms with E-state index < -0.39 is 0 Å². The maximum Gasteiger partial charge on any atom is -0.0139 e. The van der Waals surface area contributed by atoms with Crippen LogP contribution in [0.2, 0.25) is 0 Å². The highest BCUT2D eigenvalue weighted by Crippen LogP contribution is 2.52. The molecule has 1 atom stereocenters. The topological polar surface area (TPSA) is 0 Å². The van der Waals surface area contributed by atoms with Crippen molar-refractivity contribution in [3.05, 3.63) is 0 Å². The molecule has 0 heterocycles. The smallest absolute Gasteiger partial charge is 0.0139 e. The number of rotatable bonds is 6. The van der Waals surface area contributed by atoms with Crippen molar-refractivity contribution < 1.29 is 0 Å². The van der Waals surface area contributed by atoms with Gasteiger partial charge in [-0.25, -0.2) is 0 Å². The van der Waals surface area contributed by atoms with Crippen LogP contribution < -0.4 is 0 Å². The third-order valence-corrected chi connectivity index (χ3v) is 6.71. The first kappa shape index (κ1) is 11.8. The normalized spacial score (nSPS) is 19.3. The Labute approximate surface area is 80.7 Å². The molecule has 0 aliphatic heterocycles. The lowest BCUT2D eigenvalue weighted by molar-refractivity contribution is 0.706. The van der Waals surface area contributed by atoms with Gasteiger partial charge in [-0.2, -0.15) is 8.46 Å². The van der Waals surface area contributed by atoms with E-state index >= 15 is 0 Å². The third-order valence-electron chi connectivity index (χ3n) is 2.03. The van der Waals surface area contributed by atoms with Gasteiger partial charge in [0.15, 0.2) is 0 Å². The molecular weight excluding hydrogens is 220 g/mol. The first-order chi connectivity index (χ1) is 5.12. The molecule has 0 radical (unpaired) electrons. The Morgan fingerprint density at radius 2 is 1.73 bits per heavy atom. The highest BCUT2D eigenvalue weighted by Gasteiger charge is 2.09. The molecule has 0 nitrogen and oxygen atoms in total. The molecule has 0 aromatic carbocycles. The largest absolute Gasteiger partial charge is 0.186 e. The number of hydrogen-bond donors (Lipinski definition) is 0. The van der Waals surface area contributed by atoms with Gasteiger partial charge in [-0.3, -0.25) is 0 Å². The van der Waals surface area contributed by atoms with Gasteiger partial charge in [-0.1, -0.05) is 33.1 Å². The van der Waals surface area contributed by atoms with E-state index in [1.165, 1.54) is 37.2 Å². The van der Waals surface area contributed by atoms with Crippen LogP contribution >= 0.6 is 23.3 Å². The highest BCUT2D eigenvalue weighted by molar-refractivity contribution is 9.58. The van der Waals surface area contributed by atoms with Gasteiger partial charge < -0.3 is 0 Å². The van der Waals surface area contributed by atoms with Crippen molar-refractivity contribution >= 4 is 23.3 Å². The Morgan fingerprint density at radius 3 is 2.18 bits per heavy atom. The summed E-state index contributed by atoms with van der Waals surface area (Å²) in [6, 6.07) is 0. The monoisotopic (exact) mass is 240 g/mol. The summed E-state index contributed by atoms with van der Waals surface area (Å²) in [7, 11) is -0.387. The van der Waals surface area contributed by atoms with Crippen LogP contribution in [0, 0.1) is 0 Å². The molecule has 11 heavy (non-hydrogen) atoms. The molecule has 0 saturated carbocycles. The van der Waals surface area contributed by atoms with Crippen molar-refractivity contribution in [1.29, 1.82) is 0 Å². The molecule has 0 spiro atoms. The zero-order valence-corrected chi connectivity index (χ0v) is 10.4. The predicted octanol–water partition coefficient (Wildman–Crippen LogP) is 4.33. The summed E-state index contributed by atoms with van der Waals surface area (Å²) >= 11 is 3.82. The van der Waals surface area contributed by atoms with Gasteiger partial charge in [0.05, 0.1) is 0 Å². The molecule has 0 aromatic rings. The Kier molecular flexibility index (Phi) is 6.84. The van der Waals surface area contributed by atoms with Crippen molar-refractivity contribution in [2.75, 3.05) is 17.8 Å². The van der Waals surface area contributed by atoms with Gasteiger partial charge in [-0.05, 0) is 39.0 Å². The standard InChI is InChI=1S/C9H21BrS/c1-4-6-7-8-9-11(3,10)5-2/h4-9H2,1-3H3. The maximum atomic E-state index is 3.82. The molecule has 0 aliphatic carbocycles. The van der Waals surface area contributed by atoms with Crippen LogP contribution in [0.4, 0.5) is 0 Å². The SMILES string of the molecule is CCCCCCS(C)(Br)CC. The molecule has 0 amide bonds. The van der Waals surface area contributed by atoms with E-state index in [-0.39, 0.29) is 8.46 Å². The van der Waals surface area contributed by atoms with E-state index in [0.29, 0.717) is 0 Å². The molecule has 0 N–H and O–H groups in total. The number of hydrogen-bond acceptors (Lipinski definition) is 0. The van der Waals surface area contributed by atoms with Gasteiger partial charge in [0, 0.05) is 0 Å². The molecule has 0 aliphatic rings. The second-order valence-electron chi connectivity index (χ2n) is 3.21. The lowest BCUT2D eigenvalue weighted by Crippen LogP contribution is -1.97. The van der Waals surface area contributed by atoms with Crippen LogP contribution in [0.3, 0.4) is 0 Å². The van der Waals surface area contributed by atoms with E-state index in [2.05, 4.69) is 34.9 Å². The second kappa shape index (κ2) is 6.36. The summed E-state index contributed by atoms with van der Waals surface area (Å²) in [6.45, 7) is 4.55. The van der Waals surface area contributed by atoms with Crippen LogP contribution in [0.5, 0.6) is 0 Å². The minimum absolute atomic E-state index is 0.387. The van der Waals surface area contributed by atoms with Gasteiger partial charge in [0.2, 0.25) is 0 Å². The molecule has 0 bridgehead atoms. The van der Waals surface area contributed by atoms with Crippen molar-refractivity contribution in [2.45, 2.75) is 39.5 Å². The molecule has 2 heteroatoms. The molecule has 70 valence electrons. The summed E-state index contributed by atoms with van der Waals surface area (Å²) in [5.41, 5.74) is 0. The minimum Gasteiger partial charge on any atom is -0.186 e. The quantitative estimate of drug-likeness (QED) is 0.607. The van der Waals surface area contributed by atoms with Crippen LogP contribution in [-0.2, 0) is 0 Å². The predicted molar refractivity (Wildman–Crippen MR) is 62.0 cm³/mol. The fourth-order valence-corrected chi connectivity index (χ4v) is 2.76. The third kappa shape index (κ3) is 7.20. The molecule has 1 unspecified atom stereocenters. The highest BCUT2D eigenvalue weighted by atomic mass is 79.9. The van der Waals surface area contributed by atoms with E-state index in [4.69, 9.17) is 0 Å². The van der Waals surface area contributed by atoms with Gasteiger partial charge in [0.1, 0.15) is 0 Å². The fraction of sp³-hybridized carbons (Fsp3) is 1.00. The first-order valence-electron chi connectivity index (χ1n) is 4.55. The molecule has 0 saturated heterocycles. The van der Waals surface area contributed by atoms with Crippen molar-refractivity contribution in [1.82, 2.24) is 0 Å². The molecular formula is C9H21BrS. The summed E-state index contributed by atoms with van der Waals surface area (Å²) in [4.78, 5) is 0. The molecule has 0 fully saturated rings. The average molecular weight is 241 g/mol. The summed E-state index contributed by atoms with van der Waals surface area (Å²) < 4.78 is 0. The lowest BCUT2D eigenvalue weighted by atomic mass is 10.2. The van der Waals surface area contributed by atoms with E-state index in [1.807, 2.05) is 0 Å². The van der Waals surface area contributed by atoms with Crippen LogP contribution in [0.1, 0.15) is 39.5 Å². The Bertz CT molecular complexity index is 91.6. The average Bonchev–Trinajstić information content (AvgIpc) is 1.99. The van der Waals surface area contributed by atoms with Crippen LogP contribution in [-0.4, -0.2) is 17.8 Å². The summed E-state index contributed by atoms with van der Waals surface area (Å²) in [5, 5.41) is 0. The maximum absolute atomic E-state index is 3.82. The van der Waals surface area contributed by atoms with Gasteiger partial charge >= 0.3 is 0 Å². The second-order valence-corrected chi connectivity index (χ2v) is 11.2. The Morgan fingerprint density at radius 1 is 1.09 bits per heavy atom. The Hall–Kier alpha value is 0.830.